The summed E-state index contributed by atoms with van der Waals surface area (Å²) in [6, 6.07) is 5.80. The van der Waals surface area contributed by atoms with E-state index < -0.39 is 0 Å². The number of benzene rings is 1. The van der Waals surface area contributed by atoms with Gasteiger partial charge in [0.15, 0.2) is 0 Å². The lowest BCUT2D eigenvalue weighted by molar-refractivity contribution is -0.121. The fraction of sp³-hybridized carbons (Fsp3) is 0.385. The number of hydrogen-bond acceptors (Lipinski definition) is 3. The molecule has 1 unspecified atom stereocenters. The van der Waals surface area contributed by atoms with Crippen molar-refractivity contribution in [1.29, 1.82) is 0 Å². The maximum atomic E-state index is 12.0. The third-order valence-electron chi connectivity index (χ3n) is 3.20. The second kappa shape index (κ2) is 4.78. The van der Waals surface area contributed by atoms with Crippen LogP contribution in [0.3, 0.4) is 0 Å². The summed E-state index contributed by atoms with van der Waals surface area (Å²) in [6.07, 6.45) is 1.76. The van der Waals surface area contributed by atoms with Gasteiger partial charge in [-0.2, -0.15) is 0 Å². The SMILES string of the molecule is CC(CN)C(=O)N(C)c1ccc2c(c1)ncn2C. The number of aromatic nitrogens is 2. The molecule has 5 heteroatoms. The summed E-state index contributed by atoms with van der Waals surface area (Å²) >= 11 is 0. The van der Waals surface area contributed by atoms with E-state index in [9.17, 15) is 4.79 Å². The van der Waals surface area contributed by atoms with Crippen LogP contribution in [0.4, 0.5) is 5.69 Å². The predicted octanol–water partition coefficient (Wildman–Crippen LogP) is 1.13. The van der Waals surface area contributed by atoms with Crippen LogP contribution in [0.5, 0.6) is 0 Å². The number of imidazole rings is 1. The zero-order valence-electron chi connectivity index (χ0n) is 10.9. The van der Waals surface area contributed by atoms with E-state index >= 15 is 0 Å². The highest BCUT2D eigenvalue weighted by Gasteiger charge is 2.17. The van der Waals surface area contributed by atoms with Gasteiger partial charge >= 0.3 is 0 Å². The Balaban J connectivity index is 2.33. The summed E-state index contributed by atoms with van der Waals surface area (Å²) in [7, 11) is 3.71. The molecule has 0 aliphatic heterocycles. The number of anilines is 1. The molecule has 0 fully saturated rings. The number of aryl methyl sites for hydroxylation is 1. The van der Waals surface area contributed by atoms with Crippen LogP contribution in [0, 0.1) is 5.92 Å². The van der Waals surface area contributed by atoms with Gasteiger partial charge in [0.2, 0.25) is 5.91 Å². The zero-order chi connectivity index (χ0) is 13.3. The first-order valence-electron chi connectivity index (χ1n) is 5.93. The summed E-state index contributed by atoms with van der Waals surface area (Å²) < 4.78 is 1.95. The first-order valence-corrected chi connectivity index (χ1v) is 5.93. The van der Waals surface area contributed by atoms with Crippen LogP contribution >= 0.6 is 0 Å². The van der Waals surface area contributed by atoms with Gasteiger partial charge in [-0.1, -0.05) is 6.92 Å². The Bertz CT molecular complexity index is 575. The van der Waals surface area contributed by atoms with Gasteiger partial charge in [0.25, 0.3) is 0 Å². The quantitative estimate of drug-likeness (QED) is 0.883. The summed E-state index contributed by atoms with van der Waals surface area (Å²) in [4.78, 5) is 18.0. The van der Waals surface area contributed by atoms with Gasteiger partial charge in [-0.15, -0.1) is 0 Å². The van der Waals surface area contributed by atoms with Gasteiger partial charge < -0.3 is 15.2 Å². The molecule has 0 aliphatic carbocycles. The number of rotatable bonds is 3. The monoisotopic (exact) mass is 246 g/mol. The van der Waals surface area contributed by atoms with Crippen molar-refractivity contribution < 1.29 is 4.79 Å². The van der Waals surface area contributed by atoms with E-state index in [1.54, 1.807) is 18.3 Å². The summed E-state index contributed by atoms with van der Waals surface area (Å²) in [6.45, 7) is 2.19. The first-order chi connectivity index (χ1) is 8.54. The highest BCUT2D eigenvalue weighted by Crippen LogP contribution is 2.21. The lowest BCUT2D eigenvalue weighted by Crippen LogP contribution is -2.35. The molecule has 1 amide bonds. The molecule has 18 heavy (non-hydrogen) atoms. The van der Waals surface area contributed by atoms with Crippen molar-refractivity contribution in [3.05, 3.63) is 24.5 Å². The zero-order valence-corrected chi connectivity index (χ0v) is 10.9. The molecule has 1 aromatic heterocycles. The highest BCUT2D eigenvalue weighted by atomic mass is 16.2. The third-order valence-corrected chi connectivity index (χ3v) is 3.20. The summed E-state index contributed by atoms with van der Waals surface area (Å²) in [5.74, 6) is -0.151. The van der Waals surface area contributed by atoms with Gasteiger partial charge in [-0.3, -0.25) is 4.79 Å². The maximum absolute atomic E-state index is 12.0. The molecular weight excluding hydrogens is 228 g/mol. The van der Waals surface area contributed by atoms with Crippen molar-refractivity contribution in [3.63, 3.8) is 0 Å². The number of nitrogens with zero attached hydrogens (tertiary/aromatic N) is 3. The molecular formula is C13H18N4O. The van der Waals surface area contributed by atoms with E-state index in [4.69, 9.17) is 5.73 Å². The summed E-state index contributed by atoms with van der Waals surface area (Å²) in [5, 5.41) is 0. The lowest BCUT2D eigenvalue weighted by atomic mass is 10.1. The van der Waals surface area contributed by atoms with E-state index in [0.29, 0.717) is 6.54 Å². The first kappa shape index (κ1) is 12.6. The molecule has 0 saturated heterocycles. The van der Waals surface area contributed by atoms with Gasteiger partial charge in [0, 0.05) is 32.2 Å². The fourth-order valence-electron chi connectivity index (χ4n) is 1.89. The van der Waals surface area contributed by atoms with Crippen LogP contribution in [0.2, 0.25) is 0 Å². The van der Waals surface area contributed by atoms with E-state index in [1.807, 2.05) is 36.7 Å². The Kier molecular flexibility index (Phi) is 3.34. The van der Waals surface area contributed by atoms with Crippen molar-refractivity contribution in [2.24, 2.45) is 18.7 Å². The van der Waals surface area contributed by atoms with Gasteiger partial charge in [-0.05, 0) is 18.2 Å². The van der Waals surface area contributed by atoms with Crippen molar-refractivity contribution in [2.75, 3.05) is 18.5 Å². The van der Waals surface area contributed by atoms with Crippen molar-refractivity contribution in [3.8, 4) is 0 Å². The molecule has 1 heterocycles. The fourth-order valence-corrected chi connectivity index (χ4v) is 1.89. The predicted molar refractivity (Wildman–Crippen MR) is 72.3 cm³/mol. The highest BCUT2D eigenvalue weighted by molar-refractivity contribution is 5.96. The van der Waals surface area contributed by atoms with E-state index in [0.717, 1.165) is 16.7 Å². The Hall–Kier alpha value is -1.88. The van der Waals surface area contributed by atoms with E-state index in [-0.39, 0.29) is 11.8 Å². The van der Waals surface area contributed by atoms with Gasteiger partial charge in [0.1, 0.15) is 0 Å². The molecule has 2 N–H and O–H groups in total. The number of amides is 1. The number of carbonyl (C=O) groups excluding carboxylic acids is 1. The minimum absolute atomic E-state index is 0.0211. The van der Waals surface area contributed by atoms with Gasteiger partial charge in [-0.25, -0.2) is 4.98 Å². The molecule has 0 bridgehead atoms. The Labute approximate surface area is 106 Å². The summed E-state index contributed by atoms with van der Waals surface area (Å²) in [5.41, 5.74) is 8.29. The van der Waals surface area contributed by atoms with E-state index in [2.05, 4.69) is 4.98 Å². The third kappa shape index (κ3) is 2.09. The van der Waals surface area contributed by atoms with Crippen LogP contribution < -0.4 is 10.6 Å². The van der Waals surface area contributed by atoms with Crippen LogP contribution in [0.25, 0.3) is 11.0 Å². The molecule has 2 aromatic rings. The molecule has 0 radical (unpaired) electrons. The van der Waals surface area contributed by atoms with Crippen molar-refractivity contribution in [1.82, 2.24) is 9.55 Å². The second-order valence-electron chi connectivity index (χ2n) is 4.56. The van der Waals surface area contributed by atoms with Crippen molar-refractivity contribution >= 4 is 22.6 Å². The minimum Gasteiger partial charge on any atom is -0.334 e. The molecule has 1 atom stereocenters. The molecule has 5 nitrogen and oxygen atoms in total. The molecule has 0 spiro atoms. The Morgan fingerprint density at radius 2 is 2.28 bits per heavy atom. The Morgan fingerprint density at radius 3 is 2.94 bits per heavy atom. The maximum Gasteiger partial charge on any atom is 0.230 e. The van der Waals surface area contributed by atoms with Crippen LogP contribution in [0.15, 0.2) is 24.5 Å². The number of carbonyl (C=O) groups is 1. The smallest absolute Gasteiger partial charge is 0.230 e. The Morgan fingerprint density at radius 1 is 1.56 bits per heavy atom. The van der Waals surface area contributed by atoms with Gasteiger partial charge in [0.05, 0.1) is 17.4 Å². The molecule has 96 valence electrons. The van der Waals surface area contributed by atoms with Crippen LogP contribution in [0.1, 0.15) is 6.92 Å². The lowest BCUT2D eigenvalue weighted by Gasteiger charge is -2.20. The standard InChI is InChI=1S/C13H18N4O/c1-9(7-14)13(18)17(3)10-4-5-12-11(6-10)15-8-16(12)2/h4-6,8-9H,7,14H2,1-3H3. The number of hydrogen-bond donors (Lipinski definition) is 1. The number of nitrogens with two attached hydrogens (primary N) is 1. The van der Waals surface area contributed by atoms with Crippen LogP contribution in [-0.4, -0.2) is 29.1 Å². The molecule has 0 saturated carbocycles. The minimum atomic E-state index is -0.172. The largest absolute Gasteiger partial charge is 0.334 e. The van der Waals surface area contributed by atoms with E-state index in [1.165, 1.54) is 0 Å². The normalized spacial score (nSPS) is 12.7. The average molecular weight is 246 g/mol. The average Bonchev–Trinajstić information content (AvgIpc) is 2.77. The molecule has 1 aromatic carbocycles. The number of fused-ring (bicyclic) bond motifs is 1. The van der Waals surface area contributed by atoms with Crippen molar-refractivity contribution in [2.45, 2.75) is 6.92 Å². The molecule has 2 rings (SSSR count). The topological polar surface area (TPSA) is 64.2 Å². The second-order valence-corrected chi connectivity index (χ2v) is 4.56. The molecule has 0 aliphatic rings. The van der Waals surface area contributed by atoms with Crippen LogP contribution in [-0.2, 0) is 11.8 Å².